The van der Waals surface area contributed by atoms with E-state index in [4.69, 9.17) is 18.9 Å². The van der Waals surface area contributed by atoms with Crippen LogP contribution in [0.2, 0.25) is 0 Å². The van der Waals surface area contributed by atoms with Crippen LogP contribution in [0.5, 0.6) is 23.0 Å². The molecule has 0 amide bonds. The lowest BCUT2D eigenvalue weighted by atomic mass is 10.1. The molecule has 0 fully saturated rings. The minimum absolute atomic E-state index is 0.141. The Hall–Kier alpha value is -3.49. The lowest BCUT2D eigenvalue weighted by Gasteiger charge is -2.17. The van der Waals surface area contributed by atoms with Gasteiger partial charge in [0.1, 0.15) is 17.3 Å². The second-order valence-corrected chi connectivity index (χ2v) is 5.37. The highest BCUT2D eigenvalue weighted by atomic mass is 19.1. The van der Waals surface area contributed by atoms with E-state index >= 15 is 0 Å². The molecule has 0 bridgehead atoms. The molecular weight excluding hydrogens is 363 g/mol. The van der Waals surface area contributed by atoms with Crippen LogP contribution in [0.4, 0.5) is 4.39 Å². The van der Waals surface area contributed by atoms with Gasteiger partial charge in [-0.25, -0.2) is 4.39 Å². The maximum absolute atomic E-state index is 14.6. The number of ether oxygens (including phenoxy) is 4. The molecule has 0 atom stereocenters. The van der Waals surface area contributed by atoms with Crippen molar-refractivity contribution in [2.45, 2.75) is 27.7 Å². The molecule has 0 saturated carbocycles. The van der Waals surface area contributed by atoms with E-state index in [0.717, 1.165) is 45.9 Å². The van der Waals surface area contributed by atoms with Crippen LogP contribution in [0.1, 0.15) is 27.7 Å². The molecule has 0 aliphatic heterocycles. The predicted molar refractivity (Wildman–Crippen MR) is 89.1 cm³/mol. The Morgan fingerprint density at radius 3 is 1.67 bits per heavy atom. The zero-order valence-corrected chi connectivity index (χ0v) is 14.9. The van der Waals surface area contributed by atoms with Gasteiger partial charge >= 0.3 is 23.9 Å². The standard InChI is InChI=1S/C18H15FO8/c1-8(20)24-13-6-5-12(19)16-17(13)14(25-9(2)21)7-15(26-10(3)22)18(16)27-11(4)23/h5-7H,1-4H3. The van der Waals surface area contributed by atoms with Gasteiger partial charge in [0, 0.05) is 33.8 Å². The molecule has 142 valence electrons. The third-order valence-electron chi connectivity index (χ3n) is 3.08. The fourth-order valence-corrected chi connectivity index (χ4v) is 2.36. The summed E-state index contributed by atoms with van der Waals surface area (Å²) in [6, 6.07) is 3.17. The third-order valence-corrected chi connectivity index (χ3v) is 3.08. The van der Waals surface area contributed by atoms with Crippen LogP contribution < -0.4 is 18.9 Å². The molecule has 0 aliphatic carbocycles. The zero-order chi connectivity index (χ0) is 20.3. The van der Waals surface area contributed by atoms with Crippen molar-refractivity contribution in [2.24, 2.45) is 0 Å². The van der Waals surface area contributed by atoms with E-state index in [9.17, 15) is 23.6 Å². The van der Waals surface area contributed by atoms with Crippen molar-refractivity contribution in [3.05, 3.63) is 24.0 Å². The Kier molecular flexibility index (Phi) is 5.74. The summed E-state index contributed by atoms with van der Waals surface area (Å²) in [4.78, 5) is 45.7. The summed E-state index contributed by atoms with van der Waals surface area (Å²) >= 11 is 0. The number of halogens is 1. The number of carbonyl (C=O) groups excluding carboxylic acids is 4. The molecule has 0 spiro atoms. The molecule has 0 unspecified atom stereocenters. The fraction of sp³-hybridized carbons (Fsp3) is 0.222. The molecule has 0 N–H and O–H groups in total. The van der Waals surface area contributed by atoms with Crippen LogP contribution in [-0.4, -0.2) is 23.9 Å². The second kappa shape index (κ2) is 7.81. The van der Waals surface area contributed by atoms with Gasteiger partial charge in [-0.05, 0) is 12.1 Å². The molecular formula is C18H15FO8. The number of rotatable bonds is 4. The number of esters is 4. The summed E-state index contributed by atoms with van der Waals surface area (Å²) in [5.74, 6) is -5.12. The van der Waals surface area contributed by atoms with Crippen molar-refractivity contribution < 1.29 is 42.5 Å². The molecule has 0 radical (unpaired) electrons. The summed E-state index contributed by atoms with van der Waals surface area (Å²) < 4.78 is 34.7. The Labute approximate surface area is 152 Å². The van der Waals surface area contributed by atoms with Crippen LogP contribution >= 0.6 is 0 Å². The van der Waals surface area contributed by atoms with Crippen LogP contribution in [0.25, 0.3) is 10.8 Å². The first-order valence-corrected chi connectivity index (χ1v) is 7.63. The molecule has 0 saturated heterocycles. The molecule has 2 rings (SSSR count). The average Bonchev–Trinajstić information content (AvgIpc) is 2.50. The Bertz CT molecular complexity index is 964. The van der Waals surface area contributed by atoms with Gasteiger partial charge < -0.3 is 18.9 Å². The number of benzene rings is 2. The van der Waals surface area contributed by atoms with E-state index in [1.54, 1.807) is 0 Å². The SMILES string of the molecule is CC(=O)Oc1cc(OC(C)=O)c2c(OC(C)=O)ccc(F)c2c1OC(C)=O. The van der Waals surface area contributed by atoms with Crippen LogP contribution in [-0.2, 0) is 19.2 Å². The van der Waals surface area contributed by atoms with Crippen molar-refractivity contribution in [1.82, 2.24) is 0 Å². The van der Waals surface area contributed by atoms with E-state index in [0.29, 0.717) is 0 Å². The predicted octanol–water partition coefficient (Wildman–Crippen LogP) is 2.68. The van der Waals surface area contributed by atoms with E-state index in [1.807, 2.05) is 0 Å². The second-order valence-electron chi connectivity index (χ2n) is 5.37. The van der Waals surface area contributed by atoms with Crippen molar-refractivity contribution >= 4 is 34.6 Å². The molecule has 27 heavy (non-hydrogen) atoms. The molecule has 9 heteroatoms. The highest BCUT2D eigenvalue weighted by Gasteiger charge is 2.25. The Morgan fingerprint density at radius 2 is 1.15 bits per heavy atom. The first-order chi connectivity index (χ1) is 12.6. The minimum Gasteiger partial charge on any atom is -0.426 e. The van der Waals surface area contributed by atoms with Crippen molar-refractivity contribution in [3.8, 4) is 23.0 Å². The van der Waals surface area contributed by atoms with E-state index in [2.05, 4.69) is 0 Å². The van der Waals surface area contributed by atoms with Crippen molar-refractivity contribution in [1.29, 1.82) is 0 Å². The van der Waals surface area contributed by atoms with Gasteiger partial charge in [0.15, 0.2) is 11.5 Å². The molecule has 0 aromatic heterocycles. The van der Waals surface area contributed by atoms with Crippen molar-refractivity contribution in [2.75, 3.05) is 0 Å². The Morgan fingerprint density at radius 1 is 0.667 bits per heavy atom. The van der Waals surface area contributed by atoms with Gasteiger partial charge in [0.25, 0.3) is 0 Å². The van der Waals surface area contributed by atoms with Crippen LogP contribution in [0, 0.1) is 5.82 Å². The summed E-state index contributed by atoms with van der Waals surface area (Å²) in [7, 11) is 0. The molecule has 0 heterocycles. The lowest BCUT2D eigenvalue weighted by Crippen LogP contribution is -2.11. The van der Waals surface area contributed by atoms with Crippen LogP contribution in [0.3, 0.4) is 0 Å². The summed E-state index contributed by atoms with van der Waals surface area (Å²) in [6.45, 7) is 4.37. The fourth-order valence-electron chi connectivity index (χ4n) is 2.36. The number of hydrogen-bond acceptors (Lipinski definition) is 8. The van der Waals surface area contributed by atoms with Gasteiger partial charge in [-0.15, -0.1) is 0 Å². The van der Waals surface area contributed by atoms with E-state index in [1.165, 1.54) is 0 Å². The Balaban J connectivity index is 2.97. The summed E-state index contributed by atoms with van der Waals surface area (Å²) in [5.41, 5.74) is 0. The highest BCUT2D eigenvalue weighted by Crippen LogP contribution is 2.47. The van der Waals surface area contributed by atoms with Gasteiger partial charge in [-0.2, -0.15) is 0 Å². The summed E-state index contributed by atoms with van der Waals surface area (Å²) in [5, 5.41) is -0.508. The number of fused-ring (bicyclic) bond motifs is 1. The maximum atomic E-state index is 14.6. The first-order valence-electron chi connectivity index (χ1n) is 7.63. The van der Waals surface area contributed by atoms with Gasteiger partial charge in [-0.3, -0.25) is 19.2 Å². The number of carbonyl (C=O) groups is 4. The number of hydrogen-bond donors (Lipinski definition) is 0. The zero-order valence-electron chi connectivity index (χ0n) is 14.9. The molecule has 2 aromatic carbocycles. The minimum atomic E-state index is -0.889. The van der Waals surface area contributed by atoms with E-state index in [-0.39, 0.29) is 28.0 Å². The summed E-state index contributed by atoms with van der Waals surface area (Å²) in [6.07, 6.45) is 0. The normalized spacial score (nSPS) is 10.3. The van der Waals surface area contributed by atoms with Gasteiger partial charge in [0.05, 0.1) is 10.8 Å². The van der Waals surface area contributed by atoms with Crippen LogP contribution in [0.15, 0.2) is 18.2 Å². The first kappa shape index (κ1) is 19.8. The highest BCUT2D eigenvalue weighted by molar-refractivity contribution is 6.03. The average molecular weight is 378 g/mol. The molecule has 2 aromatic rings. The lowest BCUT2D eigenvalue weighted by molar-refractivity contribution is -0.134. The largest absolute Gasteiger partial charge is 0.426 e. The van der Waals surface area contributed by atoms with Crippen molar-refractivity contribution in [3.63, 3.8) is 0 Å². The smallest absolute Gasteiger partial charge is 0.308 e. The monoisotopic (exact) mass is 378 g/mol. The van der Waals surface area contributed by atoms with Gasteiger partial charge in [-0.1, -0.05) is 0 Å². The molecule has 0 aliphatic rings. The topological polar surface area (TPSA) is 105 Å². The van der Waals surface area contributed by atoms with Gasteiger partial charge in [0.2, 0.25) is 0 Å². The third kappa shape index (κ3) is 4.57. The molecule has 8 nitrogen and oxygen atoms in total. The maximum Gasteiger partial charge on any atom is 0.308 e. The van der Waals surface area contributed by atoms with E-state index < -0.39 is 35.4 Å². The quantitative estimate of drug-likeness (QED) is 0.591.